The molecule has 0 saturated heterocycles. The smallest absolute Gasteiger partial charge is 0.264 e. The lowest BCUT2D eigenvalue weighted by Gasteiger charge is -2.25. The van der Waals surface area contributed by atoms with Crippen LogP contribution in [0.4, 0.5) is 5.69 Å². The molecule has 3 aromatic rings. The summed E-state index contributed by atoms with van der Waals surface area (Å²) >= 11 is 13.6. The molecule has 0 radical (unpaired) electrons. The second-order valence-corrected chi connectivity index (χ2v) is 11.3. The van der Waals surface area contributed by atoms with Gasteiger partial charge in [0.05, 0.1) is 34.8 Å². The minimum atomic E-state index is -4.03. The maximum absolute atomic E-state index is 13.5. The molecule has 0 aliphatic heterocycles. The molecule has 11 heteroatoms. The van der Waals surface area contributed by atoms with E-state index in [0.29, 0.717) is 39.6 Å². The van der Waals surface area contributed by atoms with Gasteiger partial charge in [-0.2, -0.15) is 11.8 Å². The molecule has 0 spiro atoms. The maximum Gasteiger partial charge on any atom is 0.264 e. The normalized spacial score (nSPS) is 11.1. The molecule has 0 aromatic heterocycles. The highest BCUT2D eigenvalue weighted by Crippen LogP contribution is 2.33. The zero-order valence-electron chi connectivity index (χ0n) is 19.7. The zero-order valence-corrected chi connectivity index (χ0v) is 22.9. The quantitative estimate of drug-likeness (QED) is 0.300. The Kier molecular flexibility index (Phi) is 10.2. The van der Waals surface area contributed by atoms with Crippen molar-refractivity contribution in [1.82, 2.24) is 5.32 Å². The van der Waals surface area contributed by atoms with E-state index < -0.39 is 22.5 Å². The minimum absolute atomic E-state index is 0.0739. The predicted molar refractivity (Wildman–Crippen MR) is 146 cm³/mol. The second kappa shape index (κ2) is 13.1. The van der Waals surface area contributed by atoms with E-state index in [2.05, 4.69) is 5.32 Å². The fourth-order valence-corrected chi connectivity index (χ4v) is 5.84. The van der Waals surface area contributed by atoms with E-state index in [4.69, 9.17) is 32.7 Å². The van der Waals surface area contributed by atoms with Gasteiger partial charge in [0.15, 0.2) is 11.5 Å². The van der Waals surface area contributed by atoms with Crippen molar-refractivity contribution in [3.8, 4) is 11.5 Å². The van der Waals surface area contributed by atoms with Crippen molar-refractivity contribution >= 4 is 56.6 Å². The number of nitrogens with zero attached hydrogens (tertiary/aromatic N) is 1. The highest BCUT2D eigenvalue weighted by Gasteiger charge is 2.28. The van der Waals surface area contributed by atoms with Crippen LogP contribution in [-0.2, 0) is 20.6 Å². The van der Waals surface area contributed by atoms with Crippen molar-refractivity contribution in [2.24, 2.45) is 0 Å². The van der Waals surface area contributed by atoms with Gasteiger partial charge in [0.2, 0.25) is 5.91 Å². The van der Waals surface area contributed by atoms with E-state index in [9.17, 15) is 13.2 Å². The number of carbonyl (C=O) groups excluding carboxylic acids is 1. The molecule has 0 atom stereocenters. The lowest BCUT2D eigenvalue weighted by molar-refractivity contribution is -0.119. The summed E-state index contributed by atoms with van der Waals surface area (Å²) in [5, 5.41) is 3.80. The second-order valence-electron chi connectivity index (χ2n) is 7.52. The Balaban J connectivity index is 1.69. The minimum Gasteiger partial charge on any atom is -0.493 e. The molecule has 0 aliphatic carbocycles. The number of benzene rings is 3. The molecular weight excluding hydrogens is 543 g/mol. The number of halogens is 2. The van der Waals surface area contributed by atoms with Gasteiger partial charge >= 0.3 is 0 Å². The number of thioether (sulfide) groups is 1. The molecule has 1 N–H and O–H groups in total. The van der Waals surface area contributed by atoms with Crippen LogP contribution >= 0.6 is 35.0 Å². The van der Waals surface area contributed by atoms with Crippen molar-refractivity contribution in [2.75, 3.05) is 37.4 Å². The number of rotatable bonds is 12. The number of nitrogens with one attached hydrogen (secondary N) is 1. The molecule has 0 unspecified atom stereocenters. The van der Waals surface area contributed by atoms with Gasteiger partial charge < -0.3 is 14.8 Å². The number of carbonyl (C=O) groups is 1. The molecule has 0 heterocycles. The number of ether oxygens (including phenoxy) is 2. The van der Waals surface area contributed by atoms with Crippen molar-refractivity contribution in [1.29, 1.82) is 0 Å². The third-order valence-electron chi connectivity index (χ3n) is 5.09. The van der Waals surface area contributed by atoms with Gasteiger partial charge in [-0.3, -0.25) is 9.10 Å². The van der Waals surface area contributed by atoms with Gasteiger partial charge in [-0.1, -0.05) is 47.5 Å². The largest absolute Gasteiger partial charge is 0.493 e. The van der Waals surface area contributed by atoms with Gasteiger partial charge in [-0.25, -0.2) is 8.42 Å². The Hall–Kier alpha value is -2.59. The van der Waals surface area contributed by atoms with Crippen LogP contribution in [0.2, 0.25) is 10.0 Å². The maximum atomic E-state index is 13.5. The number of amides is 1. The topological polar surface area (TPSA) is 84.9 Å². The molecule has 0 saturated carbocycles. The Morgan fingerprint density at radius 3 is 2.33 bits per heavy atom. The van der Waals surface area contributed by atoms with E-state index in [1.54, 1.807) is 48.2 Å². The molecule has 0 aliphatic rings. The van der Waals surface area contributed by atoms with Crippen LogP contribution < -0.4 is 19.1 Å². The highest BCUT2D eigenvalue weighted by atomic mass is 35.5. The number of anilines is 1. The molecule has 3 aromatic carbocycles. The Morgan fingerprint density at radius 2 is 1.67 bits per heavy atom. The number of hydrogen-bond acceptors (Lipinski definition) is 6. The van der Waals surface area contributed by atoms with Crippen LogP contribution in [0.15, 0.2) is 71.6 Å². The van der Waals surface area contributed by atoms with Crippen LogP contribution in [0.1, 0.15) is 5.56 Å². The Morgan fingerprint density at radius 1 is 0.944 bits per heavy atom. The van der Waals surface area contributed by atoms with Crippen LogP contribution in [0.3, 0.4) is 0 Å². The van der Waals surface area contributed by atoms with Gasteiger partial charge in [0.25, 0.3) is 10.0 Å². The van der Waals surface area contributed by atoms with E-state index in [1.165, 1.54) is 32.4 Å². The summed E-state index contributed by atoms with van der Waals surface area (Å²) in [6, 6.07) is 18.1. The summed E-state index contributed by atoms with van der Waals surface area (Å²) in [5.74, 6) is 1.70. The molecule has 192 valence electrons. The molecule has 36 heavy (non-hydrogen) atoms. The SMILES string of the molecule is COc1ccc(N(CC(=O)NCCSCc2ccc(Cl)c(Cl)c2)S(=O)(=O)c2ccccc2)cc1OC. The lowest BCUT2D eigenvalue weighted by Crippen LogP contribution is -2.41. The average Bonchev–Trinajstić information content (AvgIpc) is 2.89. The third-order valence-corrected chi connectivity index (χ3v) is 8.65. The molecular formula is C25H26Cl2N2O5S2. The van der Waals surface area contributed by atoms with Crippen molar-refractivity contribution in [2.45, 2.75) is 10.6 Å². The fourth-order valence-electron chi connectivity index (χ4n) is 3.28. The summed E-state index contributed by atoms with van der Waals surface area (Å²) in [6.07, 6.45) is 0. The predicted octanol–water partition coefficient (Wildman–Crippen LogP) is 5.26. The lowest BCUT2D eigenvalue weighted by atomic mass is 10.2. The van der Waals surface area contributed by atoms with E-state index >= 15 is 0 Å². The molecule has 0 fully saturated rings. The molecule has 7 nitrogen and oxygen atoms in total. The summed E-state index contributed by atoms with van der Waals surface area (Å²) in [4.78, 5) is 12.9. The first-order valence-corrected chi connectivity index (χ1v) is 14.2. The number of sulfonamides is 1. The fraction of sp³-hybridized carbons (Fsp3) is 0.240. The summed E-state index contributed by atoms with van der Waals surface area (Å²) in [6.45, 7) is -0.0276. The van der Waals surface area contributed by atoms with Crippen LogP contribution in [0.5, 0.6) is 11.5 Å². The van der Waals surface area contributed by atoms with Crippen molar-refractivity contribution < 1.29 is 22.7 Å². The molecule has 1 amide bonds. The highest BCUT2D eigenvalue weighted by molar-refractivity contribution is 7.98. The van der Waals surface area contributed by atoms with Crippen molar-refractivity contribution in [3.63, 3.8) is 0 Å². The summed E-state index contributed by atoms with van der Waals surface area (Å²) in [5.41, 5.74) is 1.30. The van der Waals surface area contributed by atoms with Gasteiger partial charge in [0, 0.05) is 24.1 Å². The van der Waals surface area contributed by atoms with Crippen LogP contribution in [0.25, 0.3) is 0 Å². The van der Waals surface area contributed by atoms with Crippen LogP contribution in [0, 0.1) is 0 Å². The first-order chi connectivity index (χ1) is 17.3. The van der Waals surface area contributed by atoms with E-state index in [1.807, 2.05) is 12.1 Å². The Labute approximate surface area is 225 Å². The first kappa shape index (κ1) is 28.0. The molecule has 3 rings (SSSR count). The number of hydrogen-bond donors (Lipinski definition) is 1. The number of methoxy groups -OCH3 is 2. The standard InChI is InChI=1S/C25H26Cl2N2O5S2/c1-33-23-11-9-19(15-24(23)34-2)29(36(31,32)20-6-4-3-5-7-20)16-25(30)28-12-13-35-17-18-8-10-21(26)22(27)14-18/h3-11,14-15H,12-13,16-17H2,1-2H3,(H,28,30). The summed E-state index contributed by atoms with van der Waals surface area (Å²) in [7, 11) is -1.08. The molecule has 0 bridgehead atoms. The van der Waals surface area contributed by atoms with Gasteiger partial charge in [-0.05, 0) is 42.0 Å². The van der Waals surface area contributed by atoms with E-state index in [0.717, 1.165) is 9.87 Å². The van der Waals surface area contributed by atoms with E-state index in [-0.39, 0.29) is 10.6 Å². The van der Waals surface area contributed by atoms with Gasteiger partial charge in [0.1, 0.15) is 6.54 Å². The van der Waals surface area contributed by atoms with Gasteiger partial charge in [-0.15, -0.1) is 0 Å². The Bertz CT molecular complexity index is 1290. The van der Waals surface area contributed by atoms with Crippen molar-refractivity contribution in [3.05, 3.63) is 82.3 Å². The average molecular weight is 570 g/mol. The third kappa shape index (κ3) is 7.22. The first-order valence-electron chi connectivity index (χ1n) is 10.8. The zero-order chi connectivity index (χ0) is 26.1. The monoisotopic (exact) mass is 568 g/mol. The van der Waals surface area contributed by atoms with Crippen LogP contribution in [-0.4, -0.2) is 47.4 Å². The summed E-state index contributed by atoms with van der Waals surface area (Å²) < 4.78 is 38.6.